The number of carbonyl (C=O) groups excluding carboxylic acids is 1. The van der Waals surface area contributed by atoms with Crippen molar-refractivity contribution in [1.29, 1.82) is 0 Å². The molecule has 9 nitrogen and oxygen atoms in total. The molecule has 2 fully saturated rings. The highest BCUT2D eigenvalue weighted by atomic mass is 19.1. The molecule has 0 aliphatic carbocycles. The van der Waals surface area contributed by atoms with Crippen LogP contribution in [0.15, 0.2) is 18.2 Å². The molecule has 188 valence electrons. The molecule has 1 aromatic carbocycles. The van der Waals surface area contributed by atoms with Crippen molar-refractivity contribution in [3.8, 4) is 11.6 Å². The van der Waals surface area contributed by atoms with Crippen LogP contribution in [0.25, 0.3) is 0 Å². The molecule has 0 radical (unpaired) electrons. The second kappa shape index (κ2) is 10.2. The molecule has 1 aromatic heterocycles. The Labute approximate surface area is 202 Å². The van der Waals surface area contributed by atoms with Gasteiger partial charge in [0.05, 0.1) is 25.7 Å². The number of amides is 1. The van der Waals surface area contributed by atoms with Crippen LogP contribution in [0.1, 0.15) is 31.9 Å². The van der Waals surface area contributed by atoms with Gasteiger partial charge in [0.15, 0.2) is 23.2 Å². The monoisotopic (exact) mass is 489 g/mol. The van der Waals surface area contributed by atoms with Crippen LogP contribution in [0.4, 0.5) is 20.4 Å². The number of hydrogen-bond donors (Lipinski definition) is 1. The zero-order chi connectivity index (χ0) is 24.4. The van der Waals surface area contributed by atoms with Crippen LogP contribution in [0.2, 0.25) is 0 Å². The first kappa shape index (κ1) is 23.5. The zero-order valence-electron chi connectivity index (χ0n) is 19.6. The quantitative estimate of drug-likeness (QED) is 0.686. The molecule has 1 amide bonds. The number of anilines is 2. The van der Waals surface area contributed by atoms with Gasteiger partial charge < -0.3 is 29.3 Å². The van der Waals surface area contributed by atoms with E-state index >= 15 is 0 Å². The van der Waals surface area contributed by atoms with E-state index in [1.807, 2.05) is 0 Å². The van der Waals surface area contributed by atoms with E-state index in [4.69, 9.17) is 24.2 Å². The predicted octanol–water partition coefficient (Wildman–Crippen LogP) is 2.74. The summed E-state index contributed by atoms with van der Waals surface area (Å²) in [5, 5.41) is 3.47. The Morgan fingerprint density at radius 1 is 1.14 bits per heavy atom. The summed E-state index contributed by atoms with van der Waals surface area (Å²) in [7, 11) is 0. The molecule has 0 unspecified atom stereocenters. The van der Waals surface area contributed by atoms with Crippen molar-refractivity contribution in [2.75, 3.05) is 49.7 Å². The van der Waals surface area contributed by atoms with Crippen molar-refractivity contribution in [3.05, 3.63) is 35.5 Å². The van der Waals surface area contributed by atoms with Crippen molar-refractivity contribution >= 4 is 17.5 Å². The van der Waals surface area contributed by atoms with Crippen LogP contribution >= 0.6 is 0 Å². The van der Waals surface area contributed by atoms with Gasteiger partial charge in [-0.1, -0.05) is 0 Å². The minimum absolute atomic E-state index is 0.0364. The molecule has 2 aromatic rings. The van der Waals surface area contributed by atoms with Gasteiger partial charge in [-0.25, -0.2) is 13.8 Å². The molecule has 1 N–H and O–H groups in total. The molecule has 2 saturated heterocycles. The van der Waals surface area contributed by atoms with Gasteiger partial charge in [0.2, 0.25) is 11.8 Å². The lowest BCUT2D eigenvalue weighted by molar-refractivity contribution is -0.129. The lowest BCUT2D eigenvalue weighted by atomic mass is 10.1. The number of hydrogen-bond acceptors (Lipinski definition) is 8. The van der Waals surface area contributed by atoms with Gasteiger partial charge in [0.1, 0.15) is 24.2 Å². The second-order valence-electron chi connectivity index (χ2n) is 9.02. The number of nitrogens with one attached hydrogen (secondary N) is 1. The Hall–Kier alpha value is -3.21. The Morgan fingerprint density at radius 3 is 2.69 bits per heavy atom. The molecule has 3 aliphatic heterocycles. The highest BCUT2D eigenvalue weighted by Crippen LogP contribution is 2.33. The van der Waals surface area contributed by atoms with Crippen LogP contribution in [0.5, 0.6) is 11.6 Å². The Balaban J connectivity index is 1.34. The van der Waals surface area contributed by atoms with Gasteiger partial charge in [0.25, 0.3) is 0 Å². The summed E-state index contributed by atoms with van der Waals surface area (Å²) in [5.41, 5.74) is 0.618. The maximum Gasteiger partial charge on any atom is 0.239 e. The maximum atomic E-state index is 14.0. The minimum atomic E-state index is -0.703. The van der Waals surface area contributed by atoms with E-state index < -0.39 is 11.6 Å². The third-order valence-electron chi connectivity index (χ3n) is 6.50. The SMILES string of the molecule is CC(=O)N1CCOc2nc(N3CCC(Oc4ccc(F)cc4F)CC3)c(N[C@@H]3CCOC3)nc2C1. The topological polar surface area (TPSA) is 89.1 Å². The number of benzene rings is 1. The first-order chi connectivity index (χ1) is 17.0. The van der Waals surface area contributed by atoms with E-state index in [1.54, 1.807) is 4.90 Å². The highest BCUT2D eigenvalue weighted by molar-refractivity contribution is 5.73. The van der Waals surface area contributed by atoms with Crippen LogP contribution in [-0.4, -0.2) is 72.4 Å². The Morgan fingerprint density at radius 2 is 1.97 bits per heavy atom. The summed E-state index contributed by atoms with van der Waals surface area (Å²) in [4.78, 5) is 25.4. The fourth-order valence-corrected chi connectivity index (χ4v) is 4.54. The highest BCUT2D eigenvalue weighted by Gasteiger charge is 2.29. The number of piperidine rings is 1. The third-order valence-corrected chi connectivity index (χ3v) is 6.50. The summed E-state index contributed by atoms with van der Waals surface area (Å²) in [6.45, 7) is 5.22. The van der Waals surface area contributed by atoms with E-state index in [1.165, 1.54) is 19.1 Å². The van der Waals surface area contributed by atoms with Crippen molar-refractivity contribution in [2.24, 2.45) is 0 Å². The number of carbonyl (C=O) groups is 1. The van der Waals surface area contributed by atoms with Crippen LogP contribution in [0, 0.1) is 11.6 Å². The van der Waals surface area contributed by atoms with Crippen molar-refractivity contribution in [1.82, 2.24) is 14.9 Å². The summed E-state index contributed by atoms with van der Waals surface area (Å²) in [5.74, 6) is 0.436. The fraction of sp³-hybridized carbons (Fsp3) is 0.542. The van der Waals surface area contributed by atoms with E-state index in [2.05, 4.69) is 10.2 Å². The average molecular weight is 490 g/mol. The molecule has 35 heavy (non-hydrogen) atoms. The molecule has 0 saturated carbocycles. The molecule has 5 rings (SSSR count). The number of rotatable bonds is 5. The number of fused-ring (bicyclic) bond motifs is 1. The summed E-state index contributed by atoms with van der Waals surface area (Å²) in [6, 6.07) is 3.46. The molecule has 3 aliphatic rings. The van der Waals surface area contributed by atoms with E-state index in [9.17, 15) is 13.6 Å². The normalized spacial score (nSPS) is 20.7. The van der Waals surface area contributed by atoms with Gasteiger partial charge in [-0.05, 0) is 18.6 Å². The first-order valence-electron chi connectivity index (χ1n) is 12.0. The lowest BCUT2D eigenvalue weighted by Gasteiger charge is -2.34. The molecule has 0 spiro atoms. The van der Waals surface area contributed by atoms with Crippen molar-refractivity contribution < 1.29 is 27.8 Å². The van der Waals surface area contributed by atoms with E-state index in [0.29, 0.717) is 82.1 Å². The van der Waals surface area contributed by atoms with E-state index in [0.717, 1.165) is 12.5 Å². The van der Waals surface area contributed by atoms with Crippen LogP contribution in [0.3, 0.4) is 0 Å². The average Bonchev–Trinajstić information content (AvgIpc) is 3.25. The summed E-state index contributed by atoms with van der Waals surface area (Å²) in [6.07, 6.45) is 1.95. The van der Waals surface area contributed by atoms with Gasteiger partial charge >= 0.3 is 0 Å². The summed E-state index contributed by atoms with van der Waals surface area (Å²) >= 11 is 0. The largest absolute Gasteiger partial charge is 0.487 e. The molecule has 1 atom stereocenters. The van der Waals surface area contributed by atoms with Gasteiger partial charge in [-0.3, -0.25) is 4.79 Å². The number of aromatic nitrogens is 2. The molecular formula is C24H29F2N5O4. The number of halogens is 2. The van der Waals surface area contributed by atoms with Crippen molar-refractivity contribution in [2.45, 2.75) is 44.9 Å². The minimum Gasteiger partial charge on any atom is -0.487 e. The smallest absolute Gasteiger partial charge is 0.239 e. The van der Waals surface area contributed by atoms with Crippen LogP contribution < -0.4 is 19.7 Å². The Kier molecular flexibility index (Phi) is 6.85. The first-order valence-corrected chi connectivity index (χ1v) is 12.0. The van der Waals surface area contributed by atoms with E-state index in [-0.39, 0.29) is 23.8 Å². The number of ether oxygens (including phenoxy) is 3. The molecule has 4 heterocycles. The van der Waals surface area contributed by atoms with Gasteiger partial charge in [0, 0.05) is 45.5 Å². The molecular weight excluding hydrogens is 460 g/mol. The molecule has 11 heteroatoms. The van der Waals surface area contributed by atoms with Crippen molar-refractivity contribution in [3.63, 3.8) is 0 Å². The van der Waals surface area contributed by atoms with Gasteiger partial charge in [-0.2, -0.15) is 4.98 Å². The maximum absolute atomic E-state index is 14.0. The zero-order valence-corrected chi connectivity index (χ0v) is 19.6. The number of nitrogens with zero attached hydrogens (tertiary/aromatic N) is 4. The predicted molar refractivity (Wildman–Crippen MR) is 124 cm³/mol. The standard InChI is InChI=1S/C24H29F2N5O4/c1-15(32)31-9-11-34-24-20(13-31)28-22(27-17-6-10-33-14-17)23(29-24)30-7-4-18(5-8-30)35-21-3-2-16(25)12-19(21)26/h2-3,12,17-18H,4-11,13-14H2,1H3,(H,27,28)/t17-/m1/s1. The second-order valence-corrected chi connectivity index (χ2v) is 9.02. The lowest BCUT2D eigenvalue weighted by Crippen LogP contribution is -2.39. The van der Waals surface area contributed by atoms with Gasteiger partial charge in [-0.15, -0.1) is 0 Å². The molecule has 0 bridgehead atoms. The summed E-state index contributed by atoms with van der Waals surface area (Å²) < 4.78 is 44.4. The third kappa shape index (κ3) is 5.39. The fourth-order valence-electron chi connectivity index (χ4n) is 4.54. The van der Waals surface area contributed by atoms with Crippen LogP contribution in [-0.2, 0) is 16.1 Å². The Bertz CT molecular complexity index is 1070.